The second kappa shape index (κ2) is 12.4. The molecule has 196 valence electrons. The zero-order valence-electron chi connectivity index (χ0n) is 21.3. The Morgan fingerprint density at radius 3 is 2.82 bits per heavy atom. The molecule has 0 saturated carbocycles. The Morgan fingerprint density at radius 2 is 1.95 bits per heavy atom. The number of carboxylic acids is 1. The summed E-state index contributed by atoms with van der Waals surface area (Å²) in [4.78, 5) is 20.9. The SMILES string of the molecule is O=C(O)CC(Cc1nc(CCCc2ccc3c(n2)NCCC3)no1)c1cccc(OCc2ccccc2)c1. The summed E-state index contributed by atoms with van der Waals surface area (Å²) in [5.74, 6) is 1.59. The van der Waals surface area contributed by atoms with Gasteiger partial charge in [-0.05, 0) is 60.6 Å². The van der Waals surface area contributed by atoms with Gasteiger partial charge in [-0.15, -0.1) is 0 Å². The molecule has 0 radical (unpaired) electrons. The first-order valence-electron chi connectivity index (χ1n) is 13.1. The number of nitrogens with zero attached hydrogens (tertiary/aromatic N) is 3. The summed E-state index contributed by atoms with van der Waals surface area (Å²) in [6.07, 6.45) is 4.88. The highest BCUT2D eigenvalue weighted by atomic mass is 16.5. The third-order valence-corrected chi connectivity index (χ3v) is 6.72. The summed E-state index contributed by atoms with van der Waals surface area (Å²) in [6, 6.07) is 21.8. The minimum absolute atomic E-state index is 0.0438. The van der Waals surface area contributed by atoms with Crippen LogP contribution in [0, 0.1) is 0 Å². The highest BCUT2D eigenvalue weighted by Crippen LogP contribution is 2.28. The molecule has 2 N–H and O–H groups in total. The molecule has 1 aliphatic rings. The fraction of sp³-hybridized carbons (Fsp3) is 0.333. The van der Waals surface area contributed by atoms with Crippen molar-refractivity contribution < 1.29 is 19.2 Å². The summed E-state index contributed by atoms with van der Waals surface area (Å²) >= 11 is 0. The third kappa shape index (κ3) is 6.97. The zero-order chi connectivity index (χ0) is 26.2. The van der Waals surface area contributed by atoms with Gasteiger partial charge in [0.1, 0.15) is 18.2 Å². The van der Waals surface area contributed by atoms with Crippen LogP contribution in [0.5, 0.6) is 5.75 Å². The van der Waals surface area contributed by atoms with Crippen molar-refractivity contribution in [3.05, 3.63) is 101 Å². The molecule has 0 amide bonds. The molecule has 8 heteroatoms. The van der Waals surface area contributed by atoms with Crippen LogP contribution >= 0.6 is 0 Å². The Hall–Kier alpha value is -4.20. The van der Waals surface area contributed by atoms with Crippen LogP contribution in [0.2, 0.25) is 0 Å². The summed E-state index contributed by atoms with van der Waals surface area (Å²) in [5.41, 5.74) is 4.27. The van der Waals surface area contributed by atoms with Gasteiger partial charge < -0.3 is 19.7 Å². The van der Waals surface area contributed by atoms with E-state index >= 15 is 0 Å². The van der Waals surface area contributed by atoms with E-state index in [-0.39, 0.29) is 12.3 Å². The largest absolute Gasteiger partial charge is 0.489 e. The first-order valence-corrected chi connectivity index (χ1v) is 13.1. The van der Waals surface area contributed by atoms with Crippen LogP contribution in [0.3, 0.4) is 0 Å². The number of benzene rings is 2. The van der Waals surface area contributed by atoms with Crippen molar-refractivity contribution in [2.45, 2.75) is 57.5 Å². The van der Waals surface area contributed by atoms with Gasteiger partial charge >= 0.3 is 5.97 Å². The highest BCUT2D eigenvalue weighted by Gasteiger charge is 2.21. The number of aromatic nitrogens is 3. The summed E-state index contributed by atoms with van der Waals surface area (Å²) in [5, 5.41) is 17.0. The van der Waals surface area contributed by atoms with Crippen LogP contribution in [0.25, 0.3) is 0 Å². The first kappa shape index (κ1) is 25.4. The lowest BCUT2D eigenvalue weighted by molar-refractivity contribution is -0.137. The predicted molar refractivity (Wildman–Crippen MR) is 143 cm³/mol. The van der Waals surface area contributed by atoms with Crippen molar-refractivity contribution in [1.29, 1.82) is 0 Å². The van der Waals surface area contributed by atoms with E-state index in [1.54, 1.807) is 0 Å². The van der Waals surface area contributed by atoms with Crippen molar-refractivity contribution in [3.8, 4) is 5.75 Å². The van der Waals surface area contributed by atoms with Crippen LogP contribution in [0.15, 0.2) is 71.3 Å². The molecule has 0 saturated heterocycles. The normalized spacial score (nSPS) is 13.4. The maximum atomic E-state index is 11.6. The molecule has 0 bridgehead atoms. The Balaban J connectivity index is 1.18. The number of pyridine rings is 1. The van der Waals surface area contributed by atoms with Crippen molar-refractivity contribution in [3.63, 3.8) is 0 Å². The molecule has 2 aromatic carbocycles. The molecular weight excluding hydrogens is 480 g/mol. The number of aliphatic carboxylic acids is 1. The maximum Gasteiger partial charge on any atom is 0.303 e. The molecule has 0 spiro atoms. The van der Waals surface area contributed by atoms with Gasteiger partial charge in [0, 0.05) is 31.0 Å². The molecular formula is C30H32N4O4. The molecule has 4 aromatic rings. The molecule has 0 aliphatic carbocycles. The van der Waals surface area contributed by atoms with E-state index in [0.717, 1.165) is 54.9 Å². The maximum absolute atomic E-state index is 11.6. The summed E-state index contributed by atoms with van der Waals surface area (Å²) in [7, 11) is 0. The van der Waals surface area contributed by atoms with Gasteiger partial charge in [0.2, 0.25) is 5.89 Å². The van der Waals surface area contributed by atoms with Crippen LogP contribution in [-0.2, 0) is 37.1 Å². The van der Waals surface area contributed by atoms with Gasteiger partial charge in [-0.1, -0.05) is 53.7 Å². The van der Waals surface area contributed by atoms with Gasteiger partial charge in [-0.3, -0.25) is 4.79 Å². The molecule has 8 nitrogen and oxygen atoms in total. The quantitative estimate of drug-likeness (QED) is 0.260. The number of hydrogen-bond donors (Lipinski definition) is 2. The van der Waals surface area contributed by atoms with Crippen molar-refractivity contribution >= 4 is 11.8 Å². The van der Waals surface area contributed by atoms with Crippen molar-refractivity contribution in [1.82, 2.24) is 15.1 Å². The zero-order valence-corrected chi connectivity index (χ0v) is 21.3. The minimum atomic E-state index is -0.877. The number of anilines is 1. The summed E-state index contributed by atoms with van der Waals surface area (Å²) < 4.78 is 11.4. The Kier molecular flexibility index (Phi) is 8.28. The number of carbonyl (C=O) groups is 1. The van der Waals surface area contributed by atoms with Gasteiger partial charge in [0.15, 0.2) is 5.82 Å². The number of fused-ring (bicyclic) bond motifs is 1. The molecule has 1 atom stereocenters. The highest BCUT2D eigenvalue weighted by molar-refractivity contribution is 5.68. The number of aryl methyl sites for hydroxylation is 3. The predicted octanol–water partition coefficient (Wildman–Crippen LogP) is 5.38. The molecule has 1 unspecified atom stereocenters. The number of hydrogen-bond acceptors (Lipinski definition) is 7. The van der Waals surface area contributed by atoms with E-state index in [1.165, 1.54) is 5.56 Å². The fourth-order valence-corrected chi connectivity index (χ4v) is 4.74. The fourth-order valence-electron chi connectivity index (χ4n) is 4.74. The van der Waals surface area contributed by atoms with Crippen molar-refractivity contribution in [2.75, 3.05) is 11.9 Å². The standard InChI is InChI=1S/C30H32N4O4/c35-29(36)19-24(23-9-4-12-26(17-23)37-20-21-7-2-1-3-8-21)18-28-33-27(34-38-28)13-5-11-25-15-14-22-10-6-16-31-30(22)32-25/h1-4,7-9,12,14-15,17,24H,5-6,10-11,13,16,18-20H2,(H,31,32)(H,35,36). The van der Waals surface area contributed by atoms with E-state index in [4.69, 9.17) is 14.2 Å². The topological polar surface area (TPSA) is 110 Å². The van der Waals surface area contributed by atoms with Gasteiger partial charge in [0.05, 0.1) is 6.42 Å². The number of ether oxygens (including phenoxy) is 1. The lowest BCUT2D eigenvalue weighted by Crippen LogP contribution is -2.14. The molecule has 5 rings (SSSR count). The average molecular weight is 513 g/mol. The lowest BCUT2D eigenvalue weighted by Gasteiger charge is -2.17. The lowest BCUT2D eigenvalue weighted by atomic mass is 9.92. The van der Waals surface area contributed by atoms with Crippen LogP contribution < -0.4 is 10.1 Å². The molecule has 38 heavy (non-hydrogen) atoms. The van der Waals surface area contributed by atoms with Crippen LogP contribution in [0.1, 0.15) is 59.3 Å². The van der Waals surface area contributed by atoms with E-state index in [1.807, 2.05) is 54.6 Å². The van der Waals surface area contributed by atoms with Crippen LogP contribution in [0.4, 0.5) is 5.82 Å². The van der Waals surface area contributed by atoms with E-state index in [2.05, 4.69) is 27.6 Å². The number of nitrogens with one attached hydrogen (secondary N) is 1. The Morgan fingerprint density at radius 1 is 1.05 bits per heavy atom. The number of carboxylic acid groups (broad SMARTS) is 1. The third-order valence-electron chi connectivity index (χ3n) is 6.72. The smallest absolute Gasteiger partial charge is 0.303 e. The van der Waals surface area contributed by atoms with Gasteiger partial charge in [-0.2, -0.15) is 4.98 Å². The second-order valence-electron chi connectivity index (χ2n) is 9.64. The Bertz CT molecular complexity index is 1360. The Labute approximate surface area is 222 Å². The van der Waals surface area contributed by atoms with E-state index < -0.39 is 5.97 Å². The molecule has 0 fully saturated rings. The number of rotatable bonds is 12. The average Bonchev–Trinajstić information content (AvgIpc) is 3.39. The van der Waals surface area contributed by atoms with Crippen molar-refractivity contribution in [2.24, 2.45) is 0 Å². The van der Waals surface area contributed by atoms with E-state index in [9.17, 15) is 9.90 Å². The van der Waals surface area contributed by atoms with E-state index in [0.29, 0.717) is 36.9 Å². The first-order chi connectivity index (χ1) is 18.6. The molecule has 3 heterocycles. The molecule has 2 aromatic heterocycles. The summed E-state index contributed by atoms with van der Waals surface area (Å²) in [6.45, 7) is 1.42. The van der Waals surface area contributed by atoms with Gasteiger partial charge in [0.25, 0.3) is 0 Å². The monoisotopic (exact) mass is 512 g/mol. The second-order valence-corrected chi connectivity index (χ2v) is 9.64. The minimum Gasteiger partial charge on any atom is -0.489 e. The molecule has 1 aliphatic heterocycles. The van der Waals surface area contributed by atoms with Crippen LogP contribution in [-0.4, -0.2) is 32.7 Å². The van der Waals surface area contributed by atoms with Gasteiger partial charge in [-0.25, -0.2) is 4.98 Å².